The molecule has 0 aromatic heterocycles. The Bertz CT molecular complexity index is 519. The summed E-state index contributed by atoms with van der Waals surface area (Å²) >= 11 is 0. The fourth-order valence-corrected chi connectivity index (χ4v) is 2.31. The van der Waals surface area contributed by atoms with Gasteiger partial charge in [-0.05, 0) is 12.1 Å². The van der Waals surface area contributed by atoms with Crippen LogP contribution in [0.4, 0.5) is 5.69 Å². The minimum absolute atomic E-state index is 0.0306. The van der Waals surface area contributed by atoms with Gasteiger partial charge in [-0.15, -0.1) is 0 Å². The van der Waals surface area contributed by atoms with Crippen LogP contribution in [0.25, 0.3) is 0 Å². The normalized spacial score (nSPS) is 16.2. The highest BCUT2D eigenvalue weighted by Crippen LogP contribution is 2.16. The maximum atomic E-state index is 12.0. The molecule has 1 aliphatic rings. The second-order valence-corrected chi connectivity index (χ2v) is 4.99. The molecule has 0 spiro atoms. The second kappa shape index (κ2) is 7.62. The molecule has 0 atom stereocenters. The van der Waals surface area contributed by atoms with E-state index >= 15 is 0 Å². The highest BCUT2D eigenvalue weighted by atomic mass is 16.5. The van der Waals surface area contributed by atoms with Crippen LogP contribution in [0.1, 0.15) is 0 Å². The van der Waals surface area contributed by atoms with Gasteiger partial charge in [-0.25, -0.2) is 0 Å². The molecule has 1 aromatic carbocycles. The first-order valence-corrected chi connectivity index (χ1v) is 6.97. The van der Waals surface area contributed by atoms with Crippen molar-refractivity contribution in [1.82, 2.24) is 9.80 Å². The number of carbonyl (C=O) groups is 1. The summed E-state index contributed by atoms with van der Waals surface area (Å²) in [7, 11) is 1.60. The topological polar surface area (TPSA) is 68.6 Å². The Labute approximate surface area is 124 Å². The van der Waals surface area contributed by atoms with Gasteiger partial charge in [0.15, 0.2) is 0 Å². The Morgan fingerprint density at radius 2 is 2.05 bits per heavy atom. The van der Waals surface area contributed by atoms with Gasteiger partial charge in [-0.3, -0.25) is 14.6 Å². The van der Waals surface area contributed by atoms with E-state index in [1.54, 1.807) is 13.2 Å². The molecule has 6 heteroatoms. The molecule has 0 aliphatic carbocycles. The van der Waals surface area contributed by atoms with Crippen molar-refractivity contribution in [1.29, 1.82) is 5.26 Å². The molecule has 0 bridgehead atoms. The van der Waals surface area contributed by atoms with Gasteiger partial charge in [0.25, 0.3) is 0 Å². The Hall–Kier alpha value is -2.10. The summed E-state index contributed by atoms with van der Waals surface area (Å²) < 4.78 is 5.13. The van der Waals surface area contributed by atoms with Crippen molar-refractivity contribution in [3.63, 3.8) is 0 Å². The number of benzene rings is 1. The molecule has 1 heterocycles. The predicted molar refractivity (Wildman–Crippen MR) is 80.1 cm³/mol. The van der Waals surface area contributed by atoms with E-state index in [0.29, 0.717) is 13.1 Å². The average molecular weight is 288 g/mol. The summed E-state index contributed by atoms with van der Waals surface area (Å²) in [6.45, 7) is 4.13. The van der Waals surface area contributed by atoms with Gasteiger partial charge in [0, 0.05) is 37.9 Å². The first-order chi connectivity index (χ1) is 10.2. The molecular formula is C15H20N4O2. The SMILES string of the molecule is COc1cccc(NC(=O)CN2CCN(CC#N)CC2)c1. The van der Waals surface area contributed by atoms with E-state index in [-0.39, 0.29) is 5.91 Å². The highest BCUT2D eigenvalue weighted by molar-refractivity contribution is 5.92. The molecule has 1 N–H and O–H groups in total. The zero-order chi connectivity index (χ0) is 15.1. The van der Waals surface area contributed by atoms with Crippen molar-refractivity contribution in [2.45, 2.75) is 0 Å². The van der Waals surface area contributed by atoms with Gasteiger partial charge in [-0.2, -0.15) is 5.26 Å². The van der Waals surface area contributed by atoms with Crippen LogP contribution in [-0.2, 0) is 4.79 Å². The number of hydrogen-bond acceptors (Lipinski definition) is 5. The number of nitrogens with one attached hydrogen (secondary N) is 1. The number of ether oxygens (including phenoxy) is 1. The van der Waals surface area contributed by atoms with E-state index in [1.807, 2.05) is 18.2 Å². The number of amides is 1. The Kier molecular flexibility index (Phi) is 5.55. The van der Waals surface area contributed by atoms with E-state index in [9.17, 15) is 4.79 Å². The van der Waals surface area contributed by atoms with Crippen LogP contribution < -0.4 is 10.1 Å². The van der Waals surface area contributed by atoms with Crippen LogP contribution in [0, 0.1) is 11.3 Å². The van der Waals surface area contributed by atoms with E-state index < -0.39 is 0 Å². The van der Waals surface area contributed by atoms with Crippen molar-refractivity contribution in [2.24, 2.45) is 0 Å². The number of rotatable bonds is 5. The van der Waals surface area contributed by atoms with Gasteiger partial charge >= 0.3 is 0 Å². The summed E-state index contributed by atoms with van der Waals surface area (Å²) in [5.74, 6) is 0.690. The average Bonchev–Trinajstić information content (AvgIpc) is 2.49. The van der Waals surface area contributed by atoms with Gasteiger partial charge < -0.3 is 10.1 Å². The summed E-state index contributed by atoms with van der Waals surface area (Å²) in [6.07, 6.45) is 0. The third-order valence-corrected chi connectivity index (χ3v) is 3.48. The second-order valence-electron chi connectivity index (χ2n) is 4.99. The Morgan fingerprint density at radius 3 is 2.71 bits per heavy atom. The molecule has 112 valence electrons. The molecule has 1 aromatic rings. The highest BCUT2D eigenvalue weighted by Gasteiger charge is 2.18. The third kappa shape index (κ3) is 4.74. The number of anilines is 1. The fraction of sp³-hybridized carbons (Fsp3) is 0.467. The number of methoxy groups -OCH3 is 1. The lowest BCUT2D eigenvalue weighted by Gasteiger charge is -2.32. The first-order valence-electron chi connectivity index (χ1n) is 6.97. The molecule has 1 saturated heterocycles. The van der Waals surface area contributed by atoms with Crippen LogP contribution in [0.3, 0.4) is 0 Å². The van der Waals surface area contributed by atoms with Crippen LogP contribution in [0.2, 0.25) is 0 Å². The minimum Gasteiger partial charge on any atom is -0.497 e. The predicted octanol–water partition coefficient (Wildman–Crippen LogP) is 0.775. The molecule has 6 nitrogen and oxygen atoms in total. The van der Waals surface area contributed by atoms with Crippen LogP contribution >= 0.6 is 0 Å². The molecule has 0 saturated carbocycles. The van der Waals surface area contributed by atoms with Crippen LogP contribution in [0.15, 0.2) is 24.3 Å². The Morgan fingerprint density at radius 1 is 1.33 bits per heavy atom. The number of carbonyl (C=O) groups excluding carboxylic acids is 1. The van der Waals surface area contributed by atoms with Gasteiger partial charge in [0.05, 0.1) is 26.3 Å². The first kappa shape index (κ1) is 15.3. The summed E-state index contributed by atoms with van der Waals surface area (Å²) in [6, 6.07) is 9.47. The maximum Gasteiger partial charge on any atom is 0.238 e. The van der Waals surface area contributed by atoms with Crippen molar-refractivity contribution in [3.8, 4) is 11.8 Å². The number of hydrogen-bond donors (Lipinski definition) is 1. The molecule has 1 fully saturated rings. The minimum atomic E-state index is -0.0306. The lowest BCUT2D eigenvalue weighted by Crippen LogP contribution is -2.48. The smallest absolute Gasteiger partial charge is 0.238 e. The molecule has 2 rings (SSSR count). The monoisotopic (exact) mass is 288 g/mol. The Balaban J connectivity index is 1.78. The van der Waals surface area contributed by atoms with Crippen molar-refractivity contribution < 1.29 is 9.53 Å². The summed E-state index contributed by atoms with van der Waals surface area (Å²) in [4.78, 5) is 16.2. The molecular weight excluding hydrogens is 268 g/mol. The van der Waals surface area contributed by atoms with Gasteiger partial charge in [0.1, 0.15) is 5.75 Å². The van der Waals surface area contributed by atoms with Gasteiger partial charge in [0.2, 0.25) is 5.91 Å². The number of nitrogens with zero attached hydrogens (tertiary/aromatic N) is 3. The van der Waals surface area contributed by atoms with Crippen molar-refractivity contribution >= 4 is 11.6 Å². The molecule has 1 aliphatic heterocycles. The van der Waals surface area contributed by atoms with Gasteiger partial charge in [-0.1, -0.05) is 6.07 Å². The molecule has 21 heavy (non-hydrogen) atoms. The number of piperazine rings is 1. The molecule has 0 radical (unpaired) electrons. The fourth-order valence-electron chi connectivity index (χ4n) is 2.31. The molecule has 0 unspecified atom stereocenters. The van der Waals surface area contributed by atoms with Crippen LogP contribution in [-0.4, -0.2) is 62.1 Å². The van der Waals surface area contributed by atoms with Crippen molar-refractivity contribution in [2.75, 3.05) is 51.7 Å². The lowest BCUT2D eigenvalue weighted by molar-refractivity contribution is -0.117. The van der Waals surface area contributed by atoms with E-state index in [4.69, 9.17) is 10.00 Å². The standard InChI is InChI=1S/C15H20N4O2/c1-21-14-4-2-3-13(11-14)17-15(20)12-19-9-7-18(6-5-16)8-10-19/h2-4,11H,6-10,12H2,1H3,(H,17,20). The van der Waals surface area contributed by atoms with E-state index in [2.05, 4.69) is 21.2 Å². The quantitative estimate of drug-likeness (QED) is 0.811. The number of nitriles is 1. The zero-order valence-corrected chi connectivity index (χ0v) is 12.2. The van der Waals surface area contributed by atoms with Crippen LogP contribution in [0.5, 0.6) is 5.75 Å². The largest absolute Gasteiger partial charge is 0.497 e. The van der Waals surface area contributed by atoms with E-state index in [1.165, 1.54) is 0 Å². The summed E-state index contributed by atoms with van der Waals surface area (Å²) in [5.41, 5.74) is 0.738. The third-order valence-electron chi connectivity index (χ3n) is 3.48. The van der Waals surface area contributed by atoms with E-state index in [0.717, 1.165) is 37.6 Å². The lowest BCUT2D eigenvalue weighted by atomic mass is 10.3. The van der Waals surface area contributed by atoms with Crippen molar-refractivity contribution in [3.05, 3.63) is 24.3 Å². The zero-order valence-electron chi connectivity index (χ0n) is 12.2. The summed E-state index contributed by atoms with van der Waals surface area (Å²) in [5, 5.41) is 11.5. The molecule has 1 amide bonds. The maximum absolute atomic E-state index is 12.0.